The van der Waals surface area contributed by atoms with E-state index in [9.17, 15) is 9.59 Å². The molecule has 11 heteroatoms. The van der Waals surface area contributed by atoms with Crippen LogP contribution in [0.15, 0.2) is 59.0 Å². The van der Waals surface area contributed by atoms with Crippen LogP contribution in [0.25, 0.3) is 0 Å². The fraction of sp³-hybridized carbons (Fsp3) is 0.320. The molecule has 4 N–H and O–H groups in total. The zero-order valence-electron chi connectivity index (χ0n) is 20.0. The van der Waals surface area contributed by atoms with Gasteiger partial charge >= 0.3 is 0 Å². The molecule has 1 unspecified atom stereocenters. The van der Waals surface area contributed by atoms with Gasteiger partial charge in [0.15, 0.2) is 5.13 Å². The minimum absolute atomic E-state index is 0.0438. The van der Waals surface area contributed by atoms with Crippen LogP contribution in [0.5, 0.6) is 0 Å². The average Bonchev–Trinajstić information content (AvgIpc) is 3.54. The van der Waals surface area contributed by atoms with Crippen LogP contribution in [-0.2, 0) is 13.0 Å². The van der Waals surface area contributed by atoms with Gasteiger partial charge in [0.05, 0.1) is 17.4 Å². The monoisotopic (exact) mass is 504 g/mol. The molecule has 1 atom stereocenters. The maximum Gasteiger partial charge on any atom is 0.257 e. The van der Waals surface area contributed by atoms with E-state index in [4.69, 9.17) is 5.84 Å². The number of nitrogens with zero attached hydrogens (tertiary/aromatic N) is 5. The molecule has 0 spiro atoms. The number of anilines is 2. The van der Waals surface area contributed by atoms with E-state index in [1.54, 1.807) is 30.3 Å². The Labute approximate surface area is 213 Å². The lowest BCUT2D eigenvalue weighted by Gasteiger charge is -2.25. The molecule has 2 amide bonds. The lowest BCUT2D eigenvalue weighted by Crippen LogP contribution is -2.30. The third-order valence-electron chi connectivity index (χ3n) is 6.56. The van der Waals surface area contributed by atoms with Crippen LogP contribution in [0.4, 0.5) is 10.8 Å². The highest BCUT2D eigenvalue weighted by Gasteiger charge is 2.31. The quantitative estimate of drug-likeness (QED) is 0.264. The van der Waals surface area contributed by atoms with Crippen LogP contribution in [0.1, 0.15) is 55.7 Å². The minimum Gasteiger partial charge on any atom is -0.332 e. The Morgan fingerprint density at radius 1 is 1.14 bits per heavy atom. The number of likely N-dealkylation sites (N-methyl/N-ethyl adjacent to an activating group) is 1. The van der Waals surface area contributed by atoms with Crippen molar-refractivity contribution in [1.82, 2.24) is 14.8 Å². The third kappa shape index (κ3) is 5.07. The van der Waals surface area contributed by atoms with Gasteiger partial charge in [0.1, 0.15) is 0 Å². The first-order chi connectivity index (χ1) is 17.5. The van der Waals surface area contributed by atoms with Crippen molar-refractivity contribution >= 4 is 34.0 Å². The first-order valence-electron chi connectivity index (χ1n) is 11.9. The summed E-state index contributed by atoms with van der Waals surface area (Å²) in [5.41, 5.74) is 6.54. The summed E-state index contributed by atoms with van der Waals surface area (Å²) in [6, 6.07) is 14.5. The van der Waals surface area contributed by atoms with Gasteiger partial charge < -0.3 is 15.6 Å². The first-order valence-corrected chi connectivity index (χ1v) is 12.7. The summed E-state index contributed by atoms with van der Waals surface area (Å²) in [6.07, 6.45) is 2.65. The number of fused-ring (bicyclic) bond motifs is 1. The largest absolute Gasteiger partial charge is 0.332 e. The van der Waals surface area contributed by atoms with Crippen molar-refractivity contribution in [3.8, 4) is 0 Å². The summed E-state index contributed by atoms with van der Waals surface area (Å²) in [5, 5.41) is 10.3. The molecule has 5 rings (SSSR count). The molecule has 1 fully saturated rings. The molecule has 2 aromatic carbocycles. The van der Waals surface area contributed by atoms with Crippen molar-refractivity contribution in [3.63, 3.8) is 0 Å². The number of nitrogens with one attached hydrogen (secondary N) is 2. The summed E-state index contributed by atoms with van der Waals surface area (Å²) in [7, 11) is 2.09. The Kier molecular flexibility index (Phi) is 6.92. The number of nitrogens with two attached hydrogens (primary N) is 1. The molecular formula is C25H28N8O2S. The summed E-state index contributed by atoms with van der Waals surface area (Å²) in [6.45, 7) is 2.51. The Morgan fingerprint density at radius 2 is 1.97 bits per heavy atom. The third-order valence-corrected chi connectivity index (χ3v) is 7.56. The normalized spacial score (nSPS) is 17.8. The number of carbonyl (C=O) groups excluding carboxylic acids is 2. The number of amides is 2. The molecule has 0 bridgehead atoms. The number of thiazole rings is 1. The molecule has 186 valence electrons. The predicted octanol–water partition coefficient (Wildman–Crippen LogP) is 4.01. The van der Waals surface area contributed by atoms with E-state index in [-0.39, 0.29) is 17.9 Å². The van der Waals surface area contributed by atoms with Gasteiger partial charge in [-0.05, 0) is 61.9 Å². The molecule has 36 heavy (non-hydrogen) atoms. The standard InChI is InChI=1S/C25H28N8O2S/c1-32-13-11-20-22(15-32)36-25(27-20)28-23(34)18-5-2-4-17(14-18)21-6-3-12-33(21)24(35)16-7-9-19(10-8-16)29-31-30-26/h2,4-5,7-10,14,21H,3,6,11-13,15H2,1H3,(H2,26,31)(H,29,30)(H,27,28,34). The van der Waals surface area contributed by atoms with Gasteiger partial charge in [0, 0.05) is 42.1 Å². The molecule has 3 aromatic rings. The molecule has 2 aliphatic heterocycles. The number of rotatable bonds is 6. The second kappa shape index (κ2) is 10.4. The number of aromatic nitrogens is 1. The molecule has 0 aliphatic carbocycles. The fourth-order valence-electron chi connectivity index (χ4n) is 4.73. The van der Waals surface area contributed by atoms with E-state index in [1.807, 2.05) is 23.1 Å². The van der Waals surface area contributed by atoms with Gasteiger partial charge in [-0.25, -0.2) is 4.98 Å². The van der Waals surface area contributed by atoms with Crippen molar-refractivity contribution in [2.45, 2.75) is 31.8 Å². The molecular weight excluding hydrogens is 476 g/mol. The number of benzene rings is 2. The van der Waals surface area contributed by atoms with Crippen molar-refractivity contribution < 1.29 is 9.59 Å². The molecule has 0 saturated carbocycles. The van der Waals surface area contributed by atoms with Gasteiger partial charge in [-0.3, -0.25) is 20.3 Å². The summed E-state index contributed by atoms with van der Waals surface area (Å²) < 4.78 is 0. The van der Waals surface area contributed by atoms with Crippen molar-refractivity contribution in [2.24, 2.45) is 16.3 Å². The highest BCUT2D eigenvalue weighted by Crippen LogP contribution is 2.34. The van der Waals surface area contributed by atoms with E-state index in [2.05, 4.69) is 38.1 Å². The van der Waals surface area contributed by atoms with Gasteiger partial charge in [-0.1, -0.05) is 22.6 Å². The maximum atomic E-state index is 13.3. The Balaban J connectivity index is 1.29. The van der Waals surface area contributed by atoms with Gasteiger partial charge in [0.25, 0.3) is 11.8 Å². The Bertz CT molecular complexity index is 1290. The number of hydrogen-bond donors (Lipinski definition) is 3. The fourth-order valence-corrected chi connectivity index (χ4v) is 5.81. The first kappa shape index (κ1) is 23.9. The molecule has 3 heterocycles. The minimum atomic E-state index is -0.190. The second-order valence-electron chi connectivity index (χ2n) is 9.02. The Hall–Kier alpha value is -3.83. The lowest BCUT2D eigenvalue weighted by molar-refractivity contribution is 0.0735. The second-order valence-corrected chi connectivity index (χ2v) is 10.1. The van der Waals surface area contributed by atoms with Crippen LogP contribution in [0.3, 0.4) is 0 Å². The summed E-state index contributed by atoms with van der Waals surface area (Å²) in [4.78, 5) is 36.3. The van der Waals surface area contributed by atoms with E-state index in [0.29, 0.717) is 28.5 Å². The molecule has 2 aliphatic rings. The van der Waals surface area contributed by atoms with Crippen molar-refractivity contribution in [3.05, 3.63) is 75.8 Å². The van der Waals surface area contributed by atoms with E-state index in [0.717, 1.165) is 43.6 Å². The van der Waals surface area contributed by atoms with Crippen LogP contribution >= 0.6 is 11.3 Å². The highest BCUT2D eigenvalue weighted by atomic mass is 32.1. The predicted molar refractivity (Wildman–Crippen MR) is 139 cm³/mol. The van der Waals surface area contributed by atoms with Crippen LogP contribution in [-0.4, -0.2) is 46.7 Å². The van der Waals surface area contributed by atoms with E-state index < -0.39 is 0 Å². The summed E-state index contributed by atoms with van der Waals surface area (Å²) >= 11 is 1.54. The zero-order chi connectivity index (χ0) is 25.1. The highest BCUT2D eigenvalue weighted by molar-refractivity contribution is 7.15. The number of carbonyl (C=O) groups is 2. The molecule has 10 nitrogen and oxygen atoms in total. The topological polar surface area (TPSA) is 128 Å². The van der Waals surface area contributed by atoms with Gasteiger partial charge in [-0.15, -0.1) is 11.3 Å². The number of likely N-dealkylation sites (tertiary alicyclic amines) is 1. The van der Waals surface area contributed by atoms with Gasteiger partial charge in [0.2, 0.25) is 0 Å². The van der Waals surface area contributed by atoms with Crippen LogP contribution < -0.4 is 16.6 Å². The number of hydrogen-bond acceptors (Lipinski definition) is 7. The summed E-state index contributed by atoms with van der Waals surface area (Å²) in [5.74, 6) is 4.77. The van der Waals surface area contributed by atoms with Crippen LogP contribution in [0.2, 0.25) is 0 Å². The van der Waals surface area contributed by atoms with Crippen molar-refractivity contribution in [2.75, 3.05) is 30.9 Å². The lowest BCUT2D eigenvalue weighted by atomic mass is 10.0. The van der Waals surface area contributed by atoms with Gasteiger partial charge in [-0.2, -0.15) is 0 Å². The molecule has 1 aromatic heterocycles. The Morgan fingerprint density at radius 3 is 2.78 bits per heavy atom. The molecule has 1 saturated heterocycles. The van der Waals surface area contributed by atoms with Crippen LogP contribution in [0, 0.1) is 0 Å². The van der Waals surface area contributed by atoms with E-state index in [1.165, 1.54) is 16.2 Å². The average molecular weight is 505 g/mol. The van der Waals surface area contributed by atoms with E-state index >= 15 is 0 Å². The maximum absolute atomic E-state index is 13.3. The smallest absolute Gasteiger partial charge is 0.257 e. The molecule has 0 radical (unpaired) electrons. The van der Waals surface area contributed by atoms with Crippen molar-refractivity contribution in [1.29, 1.82) is 0 Å². The zero-order valence-corrected chi connectivity index (χ0v) is 20.8. The SMILES string of the molecule is CN1CCc2nc(NC(=O)c3cccc(C4CCCN4C(=O)c4ccc(NN=NN)cc4)c3)sc2C1.